The summed E-state index contributed by atoms with van der Waals surface area (Å²) in [7, 11) is 0. The van der Waals surface area contributed by atoms with Crippen LogP contribution in [0.4, 0.5) is 0 Å². The molecule has 0 saturated carbocycles. The highest BCUT2D eigenvalue weighted by Gasteiger charge is 2.27. The van der Waals surface area contributed by atoms with E-state index in [1.54, 1.807) is 0 Å². The molecule has 0 aromatic rings. The summed E-state index contributed by atoms with van der Waals surface area (Å²) in [5.41, 5.74) is 15.5. The van der Waals surface area contributed by atoms with Crippen LogP contribution >= 0.6 is 0 Å². The van der Waals surface area contributed by atoms with Gasteiger partial charge in [0.2, 0.25) is 17.7 Å². The largest absolute Gasteiger partial charge is 0.480 e. The van der Waals surface area contributed by atoms with E-state index < -0.39 is 42.2 Å². The van der Waals surface area contributed by atoms with E-state index in [1.807, 2.05) is 0 Å². The van der Waals surface area contributed by atoms with E-state index in [0.717, 1.165) is 0 Å². The Morgan fingerprint density at radius 1 is 1.00 bits per heavy atom. The molecule has 0 rings (SSSR count). The Balaban J connectivity index is 4.79. The van der Waals surface area contributed by atoms with Gasteiger partial charge >= 0.3 is 5.97 Å². The van der Waals surface area contributed by atoms with E-state index >= 15 is 0 Å². The minimum atomic E-state index is -1.45. The Bertz CT molecular complexity index is 415. The molecule has 0 aromatic carbocycles. The van der Waals surface area contributed by atoms with Gasteiger partial charge in [-0.15, -0.1) is 0 Å². The standard InChI is InChI=1S/C12H23N5O5/c13-4-2-1-3-7(16-10(19)6-14)11(20)17-8(12(21)22)5-9(15)18/h7-8H,1-6,13-14H2,(H2,15,18)(H,16,19)(H,17,20)(H,21,22)/t7-,8-/m0/s1. The van der Waals surface area contributed by atoms with Gasteiger partial charge in [-0.1, -0.05) is 0 Å². The van der Waals surface area contributed by atoms with Crippen molar-refractivity contribution in [1.82, 2.24) is 10.6 Å². The van der Waals surface area contributed by atoms with Crippen molar-refractivity contribution < 1.29 is 24.3 Å². The van der Waals surface area contributed by atoms with Crippen molar-refractivity contribution in [3.8, 4) is 0 Å². The molecule has 0 bridgehead atoms. The van der Waals surface area contributed by atoms with Gasteiger partial charge < -0.3 is 32.9 Å². The van der Waals surface area contributed by atoms with Crippen molar-refractivity contribution in [2.24, 2.45) is 17.2 Å². The number of primary amides is 1. The Kier molecular flexibility index (Phi) is 9.46. The molecule has 2 atom stereocenters. The topological polar surface area (TPSA) is 191 Å². The molecule has 0 aliphatic heterocycles. The molecular formula is C12H23N5O5. The smallest absolute Gasteiger partial charge is 0.326 e. The second-order valence-corrected chi connectivity index (χ2v) is 4.68. The summed E-state index contributed by atoms with van der Waals surface area (Å²) < 4.78 is 0. The van der Waals surface area contributed by atoms with E-state index in [4.69, 9.17) is 22.3 Å². The van der Waals surface area contributed by atoms with Gasteiger partial charge in [0.1, 0.15) is 12.1 Å². The van der Waals surface area contributed by atoms with Crippen LogP contribution in [0.5, 0.6) is 0 Å². The molecule has 22 heavy (non-hydrogen) atoms. The van der Waals surface area contributed by atoms with E-state index in [9.17, 15) is 19.2 Å². The molecule has 0 unspecified atom stereocenters. The monoisotopic (exact) mass is 317 g/mol. The van der Waals surface area contributed by atoms with E-state index in [1.165, 1.54) is 0 Å². The second-order valence-electron chi connectivity index (χ2n) is 4.68. The zero-order valence-electron chi connectivity index (χ0n) is 12.2. The number of carboxylic acid groups (broad SMARTS) is 1. The number of carbonyl (C=O) groups excluding carboxylic acids is 3. The predicted molar refractivity (Wildman–Crippen MR) is 77.3 cm³/mol. The molecule has 0 aliphatic rings. The first-order chi connectivity index (χ1) is 10.3. The first kappa shape index (κ1) is 19.8. The molecule has 0 heterocycles. The Morgan fingerprint density at radius 3 is 2.09 bits per heavy atom. The third kappa shape index (κ3) is 8.17. The molecule has 0 fully saturated rings. The number of hydrogen-bond acceptors (Lipinski definition) is 6. The van der Waals surface area contributed by atoms with Crippen LogP contribution in [-0.4, -0.2) is 54.0 Å². The van der Waals surface area contributed by atoms with E-state index in [2.05, 4.69) is 10.6 Å². The number of carbonyl (C=O) groups is 4. The van der Waals surface area contributed by atoms with Crippen molar-refractivity contribution in [2.45, 2.75) is 37.8 Å². The van der Waals surface area contributed by atoms with Crippen LogP contribution < -0.4 is 27.8 Å². The molecular weight excluding hydrogens is 294 g/mol. The maximum absolute atomic E-state index is 12.1. The zero-order valence-corrected chi connectivity index (χ0v) is 12.2. The molecule has 126 valence electrons. The zero-order chi connectivity index (χ0) is 17.1. The molecule has 3 amide bonds. The summed E-state index contributed by atoms with van der Waals surface area (Å²) in [6, 6.07) is -2.39. The molecule has 0 saturated heterocycles. The number of nitrogens with two attached hydrogens (primary N) is 3. The average Bonchev–Trinajstić information content (AvgIpc) is 2.44. The lowest BCUT2D eigenvalue weighted by Crippen LogP contribution is -2.53. The first-order valence-electron chi connectivity index (χ1n) is 6.82. The van der Waals surface area contributed by atoms with Gasteiger partial charge in [0, 0.05) is 0 Å². The first-order valence-corrected chi connectivity index (χ1v) is 6.82. The number of hydrogen-bond donors (Lipinski definition) is 6. The number of nitrogens with one attached hydrogen (secondary N) is 2. The van der Waals surface area contributed by atoms with Crippen molar-refractivity contribution >= 4 is 23.7 Å². The van der Waals surface area contributed by atoms with Crippen LogP contribution in [-0.2, 0) is 19.2 Å². The van der Waals surface area contributed by atoms with Gasteiger partial charge in [-0.2, -0.15) is 0 Å². The van der Waals surface area contributed by atoms with E-state index in [0.29, 0.717) is 19.4 Å². The number of unbranched alkanes of at least 4 members (excludes halogenated alkanes) is 1. The molecule has 9 N–H and O–H groups in total. The minimum absolute atomic E-state index is 0.275. The summed E-state index contributed by atoms with van der Waals surface area (Å²) in [6.07, 6.45) is 0.942. The van der Waals surface area contributed by atoms with Gasteiger partial charge in [-0.05, 0) is 25.8 Å². The van der Waals surface area contributed by atoms with Crippen LogP contribution in [0.25, 0.3) is 0 Å². The maximum Gasteiger partial charge on any atom is 0.326 e. The quantitative estimate of drug-likeness (QED) is 0.219. The number of carboxylic acids is 1. The molecule has 10 nitrogen and oxygen atoms in total. The second kappa shape index (κ2) is 10.5. The average molecular weight is 317 g/mol. The van der Waals surface area contributed by atoms with Crippen molar-refractivity contribution in [3.05, 3.63) is 0 Å². The fraction of sp³-hybridized carbons (Fsp3) is 0.667. The highest BCUT2D eigenvalue weighted by atomic mass is 16.4. The minimum Gasteiger partial charge on any atom is -0.480 e. The summed E-state index contributed by atoms with van der Waals surface area (Å²) in [5, 5.41) is 13.5. The van der Waals surface area contributed by atoms with Gasteiger partial charge in [-0.3, -0.25) is 14.4 Å². The Labute approximate surface area is 127 Å². The van der Waals surface area contributed by atoms with Crippen LogP contribution in [0.15, 0.2) is 0 Å². The fourth-order valence-electron chi connectivity index (χ4n) is 1.69. The lowest BCUT2D eigenvalue weighted by atomic mass is 10.1. The summed E-state index contributed by atoms with van der Waals surface area (Å²) in [5.74, 6) is -3.52. The van der Waals surface area contributed by atoms with Gasteiger partial charge in [0.25, 0.3) is 0 Å². The predicted octanol–water partition coefficient (Wildman–Crippen LogP) is -3.00. The van der Waals surface area contributed by atoms with Gasteiger partial charge in [0.15, 0.2) is 0 Å². The maximum atomic E-state index is 12.1. The van der Waals surface area contributed by atoms with Crippen LogP contribution in [0.1, 0.15) is 25.7 Å². The van der Waals surface area contributed by atoms with Crippen molar-refractivity contribution in [1.29, 1.82) is 0 Å². The summed E-state index contributed by atoms with van der Waals surface area (Å²) in [6.45, 7) is 0.128. The summed E-state index contributed by atoms with van der Waals surface area (Å²) in [4.78, 5) is 45.2. The Hall–Kier alpha value is -2.20. The van der Waals surface area contributed by atoms with Crippen LogP contribution in [0.3, 0.4) is 0 Å². The number of amides is 3. The van der Waals surface area contributed by atoms with Gasteiger partial charge in [-0.25, -0.2) is 4.79 Å². The van der Waals surface area contributed by atoms with Crippen LogP contribution in [0.2, 0.25) is 0 Å². The lowest BCUT2D eigenvalue weighted by molar-refractivity contribution is -0.143. The Morgan fingerprint density at radius 2 is 1.64 bits per heavy atom. The number of rotatable bonds is 11. The van der Waals surface area contributed by atoms with E-state index in [-0.39, 0.29) is 13.0 Å². The highest BCUT2D eigenvalue weighted by Crippen LogP contribution is 2.02. The molecule has 0 radical (unpaired) electrons. The summed E-state index contributed by atoms with van der Waals surface area (Å²) >= 11 is 0. The fourth-order valence-corrected chi connectivity index (χ4v) is 1.69. The van der Waals surface area contributed by atoms with Crippen LogP contribution in [0, 0.1) is 0 Å². The SMILES string of the molecule is NCCCC[C@H](NC(=O)CN)C(=O)N[C@@H](CC(N)=O)C(=O)O. The van der Waals surface area contributed by atoms with Crippen molar-refractivity contribution in [3.63, 3.8) is 0 Å². The highest BCUT2D eigenvalue weighted by molar-refractivity contribution is 5.92. The molecule has 0 aliphatic carbocycles. The lowest BCUT2D eigenvalue weighted by Gasteiger charge is -2.20. The third-order valence-electron chi connectivity index (χ3n) is 2.80. The van der Waals surface area contributed by atoms with Gasteiger partial charge in [0.05, 0.1) is 13.0 Å². The third-order valence-corrected chi connectivity index (χ3v) is 2.80. The molecule has 0 spiro atoms. The molecule has 0 aromatic heterocycles. The van der Waals surface area contributed by atoms with Crippen molar-refractivity contribution in [2.75, 3.05) is 13.1 Å². The molecule has 10 heteroatoms. The normalized spacial score (nSPS) is 13.0. The number of aliphatic carboxylic acids is 1.